The standard InChI is InChI=1S/C27H29N3O9/c1-26(2,3)39-25(35)30-17-6-4-5-7-20(17)38-21-12-16(8-9-18(21)30)23(32)28-14-22(31)29-15-27(36-10-11-37-27)13-19(29)24(33)34/h4-9,12,19H,10-11,13-15H2,1-3H3,(H,28,32)(H,33,34). The predicted molar refractivity (Wildman–Crippen MR) is 136 cm³/mol. The van der Waals surface area contributed by atoms with E-state index in [9.17, 15) is 24.3 Å². The SMILES string of the molecule is CC(C)(C)OC(=O)N1c2ccccc2Oc2cc(C(=O)NCC(=O)N3CC4(CC3C(=O)O)OCCO4)ccc21. The fourth-order valence-corrected chi connectivity index (χ4v) is 4.79. The minimum Gasteiger partial charge on any atom is -0.480 e. The molecular weight excluding hydrogens is 510 g/mol. The third kappa shape index (κ3) is 5.25. The summed E-state index contributed by atoms with van der Waals surface area (Å²) in [5.74, 6) is -2.80. The summed E-state index contributed by atoms with van der Waals surface area (Å²) in [7, 11) is 0. The highest BCUT2D eigenvalue weighted by Crippen LogP contribution is 2.47. The maximum absolute atomic E-state index is 13.1. The molecule has 2 N–H and O–H groups in total. The van der Waals surface area contributed by atoms with E-state index in [1.54, 1.807) is 51.1 Å². The molecule has 5 rings (SSSR count). The summed E-state index contributed by atoms with van der Waals surface area (Å²) in [4.78, 5) is 53.2. The molecule has 2 aromatic carbocycles. The van der Waals surface area contributed by atoms with Crippen LogP contribution in [0.1, 0.15) is 37.6 Å². The number of nitrogens with zero attached hydrogens (tertiary/aromatic N) is 2. The Morgan fingerprint density at radius 1 is 1.05 bits per heavy atom. The first-order valence-electron chi connectivity index (χ1n) is 12.5. The largest absolute Gasteiger partial charge is 0.480 e. The van der Waals surface area contributed by atoms with Crippen LogP contribution in [0, 0.1) is 0 Å². The molecule has 1 atom stereocenters. The number of carboxylic acid groups (broad SMARTS) is 1. The molecule has 2 aromatic rings. The third-order valence-electron chi connectivity index (χ3n) is 6.48. The molecule has 12 heteroatoms. The maximum atomic E-state index is 13.1. The number of benzene rings is 2. The van der Waals surface area contributed by atoms with E-state index in [1.807, 2.05) is 0 Å². The van der Waals surface area contributed by atoms with Crippen LogP contribution in [-0.2, 0) is 23.8 Å². The van der Waals surface area contributed by atoms with Gasteiger partial charge < -0.3 is 34.3 Å². The molecule has 0 aromatic heterocycles. The van der Waals surface area contributed by atoms with Gasteiger partial charge >= 0.3 is 12.1 Å². The van der Waals surface area contributed by atoms with E-state index in [0.29, 0.717) is 30.3 Å². The molecule has 3 heterocycles. The van der Waals surface area contributed by atoms with Gasteiger partial charge in [-0.25, -0.2) is 14.5 Å². The Hall–Kier alpha value is -4.16. The Bertz CT molecular complexity index is 1330. The van der Waals surface area contributed by atoms with Gasteiger partial charge in [0.15, 0.2) is 17.3 Å². The Morgan fingerprint density at radius 3 is 2.44 bits per heavy atom. The van der Waals surface area contributed by atoms with E-state index in [0.717, 1.165) is 4.90 Å². The first-order valence-corrected chi connectivity index (χ1v) is 12.5. The molecule has 0 radical (unpaired) electrons. The average Bonchev–Trinajstić information content (AvgIpc) is 3.51. The van der Waals surface area contributed by atoms with Gasteiger partial charge in [0, 0.05) is 12.0 Å². The second kappa shape index (κ2) is 9.86. The molecule has 12 nitrogen and oxygen atoms in total. The minimum absolute atomic E-state index is 0.0137. The van der Waals surface area contributed by atoms with Crippen molar-refractivity contribution in [2.45, 2.75) is 44.6 Å². The van der Waals surface area contributed by atoms with Crippen LogP contribution in [0.2, 0.25) is 0 Å². The number of hydrogen-bond acceptors (Lipinski definition) is 8. The van der Waals surface area contributed by atoms with Gasteiger partial charge in [-0.2, -0.15) is 0 Å². The van der Waals surface area contributed by atoms with Crippen molar-refractivity contribution in [3.8, 4) is 11.5 Å². The minimum atomic E-state index is -1.17. The zero-order valence-corrected chi connectivity index (χ0v) is 21.8. The Balaban J connectivity index is 1.31. The lowest BCUT2D eigenvalue weighted by atomic mass is 10.1. The van der Waals surface area contributed by atoms with E-state index in [2.05, 4.69) is 5.32 Å². The first-order chi connectivity index (χ1) is 18.5. The summed E-state index contributed by atoms with van der Waals surface area (Å²) >= 11 is 0. The molecule has 0 bridgehead atoms. The van der Waals surface area contributed by atoms with E-state index in [-0.39, 0.29) is 24.3 Å². The van der Waals surface area contributed by atoms with Crippen molar-refractivity contribution in [2.75, 3.05) is 31.2 Å². The van der Waals surface area contributed by atoms with E-state index in [1.165, 1.54) is 17.0 Å². The normalized spacial score (nSPS) is 19.2. The molecule has 1 spiro atoms. The highest BCUT2D eigenvalue weighted by atomic mass is 16.7. The number of carbonyl (C=O) groups excluding carboxylic acids is 3. The van der Waals surface area contributed by atoms with Gasteiger partial charge in [0.1, 0.15) is 11.6 Å². The van der Waals surface area contributed by atoms with Crippen LogP contribution >= 0.6 is 0 Å². The first kappa shape index (κ1) is 26.4. The van der Waals surface area contributed by atoms with Crippen LogP contribution in [0.15, 0.2) is 42.5 Å². The van der Waals surface area contributed by atoms with Crippen LogP contribution in [0.5, 0.6) is 11.5 Å². The van der Waals surface area contributed by atoms with Crippen molar-refractivity contribution in [1.29, 1.82) is 0 Å². The van der Waals surface area contributed by atoms with Crippen LogP contribution in [0.25, 0.3) is 0 Å². The van der Waals surface area contributed by atoms with E-state index >= 15 is 0 Å². The van der Waals surface area contributed by atoms with Gasteiger partial charge in [-0.3, -0.25) is 9.59 Å². The smallest absolute Gasteiger partial charge is 0.419 e. The summed E-state index contributed by atoms with van der Waals surface area (Å²) in [5, 5.41) is 12.1. The lowest BCUT2D eigenvalue weighted by Gasteiger charge is -2.32. The highest BCUT2D eigenvalue weighted by molar-refractivity contribution is 6.03. The molecule has 3 amide bonds. The second-order valence-electron chi connectivity index (χ2n) is 10.4. The van der Waals surface area contributed by atoms with Crippen molar-refractivity contribution >= 4 is 35.3 Å². The molecule has 0 saturated carbocycles. The summed E-state index contributed by atoms with van der Waals surface area (Å²) in [6.07, 6.45) is -0.589. The lowest BCUT2D eigenvalue weighted by molar-refractivity contribution is -0.152. The number of carboxylic acids is 1. The Labute approximate surface area is 224 Å². The highest BCUT2D eigenvalue weighted by Gasteiger charge is 2.52. The molecule has 1 unspecified atom stereocenters. The van der Waals surface area contributed by atoms with Crippen LogP contribution < -0.4 is 15.0 Å². The zero-order valence-electron chi connectivity index (χ0n) is 21.8. The van der Waals surface area contributed by atoms with Crippen LogP contribution in [-0.4, -0.2) is 77.6 Å². The van der Waals surface area contributed by atoms with Crippen molar-refractivity contribution < 1.29 is 43.2 Å². The predicted octanol–water partition coefficient (Wildman–Crippen LogP) is 3.02. The molecular formula is C27H29N3O9. The van der Waals surface area contributed by atoms with Crippen molar-refractivity contribution in [3.63, 3.8) is 0 Å². The number of nitrogens with one attached hydrogen (secondary N) is 1. The van der Waals surface area contributed by atoms with E-state index in [4.69, 9.17) is 18.9 Å². The number of carbonyl (C=O) groups is 4. The number of aliphatic carboxylic acids is 1. The Kier molecular flexibility index (Phi) is 6.69. The number of rotatable bonds is 4. The number of amides is 3. The Morgan fingerprint density at radius 2 is 1.74 bits per heavy atom. The number of likely N-dealkylation sites (tertiary alicyclic amines) is 1. The van der Waals surface area contributed by atoms with Crippen molar-refractivity contribution in [2.24, 2.45) is 0 Å². The van der Waals surface area contributed by atoms with Gasteiger partial charge in [-0.15, -0.1) is 0 Å². The van der Waals surface area contributed by atoms with Crippen molar-refractivity contribution in [3.05, 3.63) is 48.0 Å². The van der Waals surface area contributed by atoms with Gasteiger partial charge in [0.2, 0.25) is 5.91 Å². The number of fused-ring (bicyclic) bond motifs is 2. The number of hydrogen-bond donors (Lipinski definition) is 2. The topological polar surface area (TPSA) is 144 Å². The van der Waals surface area contributed by atoms with Gasteiger partial charge in [0.25, 0.3) is 5.91 Å². The molecule has 3 aliphatic rings. The molecule has 206 valence electrons. The lowest BCUT2D eigenvalue weighted by Crippen LogP contribution is -2.46. The molecule has 3 aliphatic heterocycles. The van der Waals surface area contributed by atoms with Crippen molar-refractivity contribution in [1.82, 2.24) is 10.2 Å². The number of ether oxygens (including phenoxy) is 4. The molecule has 2 fully saturated rings. The monoisotopic (exact) mass is 539 g/mol. The van der Waals surface area contributed by atoms with Crippen LogP contribution in [0.3, 0.4) is 0 Å². The molecule has 39 heavy (non-hydrogen) atoms. The summed E-state index contributed by atoms with van der Waals surface area (Å²) in [6.45, 7) is 5.47. The summed E-state index contributed by atoms with van der Waals surface area (Å²) in [6, 6.07) is 10.4. The fraction of sp³-hybridized carbons (Fsp3) is 0.407. The summed E-state index contributed by atoms with van der Waals surface area (Å²) in [5.41, 5.74) is 0.328. The molecule has 0 aliphatic carbocycles. The average molecular weight is 540 g/mol. The van der Waals surface area contributed by atoms with Crippen LogP contribution in [0.4, 0.5) is 16.2 Å². The van der Waals surface area contributed by atoms with Gasteiger partial charge in [0.05, 0.1) is 37.7 Å². The van der Waals surface area contributed by atoms with Gasteiger partial charge in [-0.1, -0.05) is 12.1 Å². The van der Waals surface area contributed by atoms with Gasteiger partial charge in [-0.05, 0) is 51.1 Å². The zero-order chi connectivity index (χ0) is 27.9. The second-order valence-corrected chi connectivity index (χ2v) is 10.4. The fourth-order valence-electron chi connectivity index (χ4n) is 4.79. The maximum Gasteiger partial charge on any atom is 0.419 e. The number of anilines is 2. The van der Waals surface area contributed by atoms with E-state index < -0.39 is 47.9 Å². The summed E-state index contributed by atoms with van der Waals surface area (Å²) < 4.78 is 22.7. The quantitative estimate of drug-likeness (QED) is 0.599. The third-order valence-corrected chi connectivity index (χ3v) is 6.48. The number of para-hydroxylation sites is 2. The molecule has 2 saturated heterocycles.